The van der Waals surface area contributed by atoms with Crippen LogP contribution in [0.4, 0.5) is 10.9 Å². The van der Waals surface area contributed by atoms with Gasteiger partial charge >= 0.3 is 0 Å². The van der Waals surface area contributed by atoms with Crippen molar-refractivity contribution in [3.05, 3.63) is 4.88 Å². The van der Waals surface area contributed by atoms with E-state index in [0.29, 0.717) is 23.3 Å². The zero-order valence-electron chi connectivity index (χ0n) is 9.49. The van der Waals surface area contributed by atoms with Crippen LogP contribution in [-0.4, -0.2) is 35.4 Å². The SMILES string of the molecule is CCN(C)C(=O)c1sc(NC2CC2)nc1N. The molecule has 2 rings (SSSR count). The molecule has 0 aliphatic heterocycles. The predicted molar refractivity (Wildman–Crippen MR) is 65.8 cm³/mol. The number of nitrogens with one attached hydrogen (secondary N) is 1. The molecule has 0 aromatic carbocycles. The largest absolute Gasteiger partial charge is 0.382 e. The molecule has 0 atom stereocenters. The van der Waals surface area contributed by atoms with Gasteiger partial charge in [-0.15, -0.1) is 0 Å². The van der Waals surface area contributed by atoms with Crippen molar-refractivity contribution < 1.29 is 4.79 Å². The minimum Gasteiger partial charge on any atom is -0.382 e. The van der Waals surface area contributed by atoms with E-state index in [1.165, 1.54) is 24.2 Å². The Morgan fingerprint density at radius 3 is 2.94 bits per heavy atom. The Kier molecular flexibility index (Phi) is 3.00. The van der Waals surface area contributed by atoms with E-state index in [0.717, 1.165) is 5.13 Å². The number of anilines is 2. The van der Waals surface area contributed by atoms with E-state index < -0.39 is 0 Å². The highest BCUT2D eigenvalue weighted by atomic mass is 32.1. The van der Waals surface area contributed by atoms with Crippen molar-refractivity contribution in [2.45, 2.75) is 25.8 Å². The van der Waals surface area contributed by atoms with Gasteiger partial charge in [-0.1, -0.05) is 11.3 Å². The van der Waals surface area contributed by atoms with Crippen LogP contribution in [0.3, 0.4) is 0 Å². The third-order valence-electron chi connectivity index (χ3n) is 2.57. The average Bonchev–Trinajstić information content (AvgIpc) is 2.99. The van der Waals surface area contributed by atoms with Crippen LogP contribution in [0.5, 0.6) is 0 Å². The van der Waals surface area contributed by atoms with Crippen LogP contribution in [0.15, 0.2) is 0 Å². The van der Waals surface area contributed by atoms with Crippen LogP contribution in [-0.2, 0) is 0 Å². The van der Waals surface area contributed by atoms with E-state index >= 15 is 0 Å². The highest BCUT2D eigenvalue weighted by Crippen LogP contribution is 2.30. The van der Waals surface area contributed by atoms with Crippen molar-refractivity contribution >= 4 is 28.2 Å². The van der Waals surface area contributed by atoms with Crippen molar-refractivity contribution in [1.29, 1.82) is 0 Å². The van der Waals surface area contributed by atoms with Crippen LogP contribution in [0.1, 0.15) is 29.4 Å². The predicted octanol–water partition coefficient (Wildman–Crippen LogP) is 1.39. The van der Waals surface area contributed by atoms with Crippen molar-refractivity contribution in [3.63, 3.8) is 0 Å². The number of thiazole rings is 1. The molecule has 0 radical (unpaired) electrons. The second-order valence-corrected chi connectivity index (χ2v) is 4.97. The molecule has 1 heterocycles. The molecular formula is C10H16N4OS. The zero-order valence-corrected chi connectivity index (χ0v) is 10.3. The van der Waals surface area contributed by atoms with Crippen LogP contribution in [0, 0.1) is 0 Å². The molecule has 0 saturated heterocycles. The van der Waals surface area contributed by atoms with Gasteiger partial charge < -0.3 is 16.0 Å². The highest BCUT2D eigenvalue weighted by Gasteiger charge is 2.24. The summed E-state index contributed by atoms with van der Waals surface area (Å²) in [5, 5.41) is 4.00. The number of nitrogens with two attached hydrogens (primary N) is 1. The molecule has 1 amide bonds. The summed E-state index contributed by atoms with van der Waals surface area (Å²) in [5.41, 5.74) is 5.74. The van der Waals surface area contributed by atoms with Gasteiger partial charge in [-0.25, -0.2) is 4.98 Å². The van der Waals surface area contributed by atoms with Crippen molar-refractivity contribution in [1.82, 2.24) is 9.88 Å². The summed E-state index contributed by atoms with van der Waals surface area (Å²) >= 11 is 1.34. The summed E-state index contributed by atoms with van der Waals surface area (Å²) in [6, 6.07) is 0.525. The maximum Gasteiger partial charge on any atom is 0.267 e. The minimum absolute atomic E-state index is 0.0543. The molecule has 1 aromatic heterocycles. The number of hydrogen-bond acceptors (Lipinski definition) is 5. The molecule has 16 heavy (non-hydrogen) atoms. The topological polar surface area (TPSA) is 71.2 Å². The zero-order chi connectivity index (χ0) is 11.7. The van der Waals surface area contributed by atoms with Gasteiger partial charge in [0.25, 0.3) is 5.91 Å². The number of aromatic nitrogens is 1. The fourth-order valence-electron chi connectivity index (χ4n) is 1.27. The molecule has 1 fully saturated rings. The van der Waals surface area contributed by atoms with Crippen molar-refractivity contribution in [3.8, 4) is 0 Å². The number of rotatable bonds is 4. The van der Waals surface area contributed by atoms with E-state index in [-0.39, 0.29) is 5.91 Å². The van der Waals surface area contributed by atoms with Crippen LogP contribution in [0.2, 0.25) is 0 Å². The van der Waals surface area contributed by atoms with Gasteiger partial charge in [0.2, 0.25) is 0 Å². The fraction of sp³-hybridized carbons (Fsp3) is 0.600. The van der Waals surface area contributed by atoms with Gasteiger partial charge in [-0.05, 0) is 19.8 Å². The van der Waals surface area contributed by atoms with Gasteiger partial charge in [0.1, 0.15) is 10.7 Å². The third kappa shape index (κ3) is 2.27. The summed E-state index contributed by atoms with van der Waals surface area (Å²) in [6.07, 6.45) is 2.36. The lowest BCUT2D eigenvalue weighted by atomic mass is 10.4. The number of amides is 1. The van der Waals surface area contributed by atoms with Crippen molar-refractivity contribution in [2.24, 2.45) is 0 Å². The Balaban J connectivity index is 2.13. The summed E-state index contributed by atoms with van der Waals surface area (Å²) in [7, 11) is 1.76. The lowest BCUT2D eigenvalue weighted by Gasteiger charge is -2.12. The number of nitrogens with zero attached hydrogens (tertiary/aromatic N) is 2. The van der Waals surface area contributed by atoms with E-state index in [1.54, 1.807) is 11.9 Å². The van der Waals surface area contributed by atoms with E-state index in [1.807, 2.05) is 6.92 Å². The van der Waals surface area contributed by atoms with Gasteiger partial charge in [-0.2, -0.15) is 0 Å². The first-order chi connectivity index (χ1) is 7.61. The van der Waals surface area contributed by atoms with Crippen molar-refractivity contribution in [2.75, 3.05) is 24.6 Å². The fourth-order valence-corrected chi connectivity index (χ4v) is 2.22. The van der Waals surface area contributed by atoms with Gasteiger partial charge in [0.05, 0.1) is 0 Å². The van der Waals surface area contributed by atoms with Gasteiger partial charge in [0, 0.05) is 19.6 Å². The van der Waals surface area contributed by atoms with Gasteiger partial charge in [-0.3, -0.25) is 4.79 Å². The molecule has 6 heteroatoms. The molecular weight excluding hydrogens is 224 g/mol. The lowest BCUT2D eigenvalue weighted by molar-refractivity contribution is 0.0808. The molecule has 88 valence electrons. The minimum atomic E-state index is -0.0543. The standard InChI is InChI=1S/C10H16N4OS/c1-3-14(2)9(15)7-8(11)13-10(16-7)12-6-4-5-6/h6H,3-5,11H2,1-2H3,(H,12,13). The summed E-state index contributed by atoms with van der Waals surface area (Å²) in [5.74, 6) is 0.278. The molecule has 1 saturated carbocycles. The molecule has 1 aliphatic rings. The number of carbonyl (C=O) groups excluding carboxylic acids is 1. The summed E-state index contributed by atoms with van der Waals surface area (Å²) in [4.78, 5) is 18.2. The molecule has 1 aromatic rings. The Bertz CT molecular complexity index is 400. The van der Waals surface area contributed by atoms with Gasteiger partial charge in [0.15, 0.2) is 5.13 Å². The highest BCUT2D eigenvalue weighted by molar-refractivity contribution is 7.18. The number of carbonyl (C=O) groups is 1. The van der Waals surface area contributed by atoms with Crippen LogP contribution < -0.4 is 11.1 Å². The Hall–Kier alpha value is -1.30. The maximum atomic E-state index is 11.9. The molecule has 0 spiro atoms. The maximum absolute atomic E-state index is 11.9. The summed E-state index contributed by atoms with van der Waals surface area (Å²) in [6.45, 7) is 2.60. The first-order valence-corrected chi connectivity index (χ1v) is 6.21. The first kappa shape index (κ1) is 11.2. The monoisotopic (exact) mass is 240 g/mol. The smallest absolute Gasteiger partial charge is 0.267 e. The Morgan fingerprint density at radius 1 is 1.69 bits per heavy atom. The Morgan fingerprint density at radius 2 is 2.38 bits per heavy atom. The lowest BCUT2D eigenvalue weighted by Crippen LogP contribution is -2.26. The van der Waals surface area contributed by atoms with Crippen LogP contribution >= 0.6 is 11.3 Å². The molecule has 5 nitrogen and oxygen atoms in total. The first-order valence-electron chi connectivity index (χ1n) is 5.40. The quantitative estimate of drug-likeness (QED) is 0.834. The Labute approximate surface area is 98.7 Å². The summed E-state index contributed by atoms with van der Waals surface area (Å²) < 4.78 is 0. The van der Waals surface area contributed by atoms with E-state index in [2.05, 4.69) is 10.3 Å². The van der Waals surface area contributed by atoms with Crippen LogP contribution in [0.25, 0.3) is 0 Å². The van der Waals surface area contributed by atoms with E-state index in [9.17, 15) is 4.79 Å². The number of nitrogen functional groups attached to an aromatic ring is 1. The average molecular weight is 240 g/mol. The number of hydrogen-bond donors (Lipinski definition) is 2. The molecule has 0 unspecified atom stereocenters. The third-order valence-corrected chi connectivity index (χ3v) is 3.56. The normalized spacial score (nSPS) is 14.9. The molecule has 1 aliphatic carbocycles. The van der Waals surface area contributed by atoms with E-state index in [4.69, 9.17) is 5.73 Å². The molecule has 0 bridgehead atoms. The molecule has 3 N–H and O–H groups in total. The second-order valence-electron chi connectivity index (χ2n) is 3.97. The second kappa shape index (κ2) is 4.29.